The molecule has 2 heterocycles. The van der Waals surface area contributed by atoms with Crippen LogP contribution in [0, 0.1) is 0 Å². The Morgan fingerprint density at radius 1 is 1.33 bits per heavy atom. The first kappa shape index (κ1) is 15.2. The molecule has 1 aliphatic rings. The van der Waals surface area contributed by atoms with E-state index in [0.29, 0.717) is 11.4 Å². The molecule has 0 saturated carbocycles. The van der Waals surface area contributed by atoms with E-state index in [1.54, 1.807) is 18.3 Å². The zero-order valence-electron chi connectivity index (χ0n) is 11.9. The zero-order valence-corrected chi connectivity index (χ0v) is 11.9. The highest BCUT2D eigenvalue weighted by Crippen LogP contribution is 2.10. The first-order valence-electron chi connectivity index (χ1n) is 7.03. The van der Waals surface area contributed by atoms with Crippen LogP contribution in [0.3, 0.4) is 0 Å². The third-order valence-corrected chi connectivity index (χ3v) is 3.52. The maximum atomic E-state index is 12.0. The minimum absolute atomic E-state index is 0.0411. The minimum atomic E-state index is -0.313. The number of nitrogen functional groups attached to an aromatic ring is 1. The molecule has 5 N–H and O–H groups in total. The van der Waals surface area contributed by atoms with Gasteiger partial charge in [-0.05, 0) is 25.0 Å². The second-order valence-corrected chi connectivity index (χ2v) is 5.34. The van der Waals surface area contributed by atoms with Gasteiger partial charge in [-0.1, -0.05) is 0 Å². The number of hydrogen-bond donors (Lipinski definition) is 3. The average molecular weight is 291 g/mol. The van der Waals surface area contributed by atoms with Crippen molar-refractivity contribution in [2.75, 3.05) is 25.4 Å². The lowest BCUT2D eigenvalue weighted by atomic mass is 10.0. The van der Waals surface area contributed by atoms with Gasteiger partial charge in [-0.25, -0.2) is 0 Å². The Kier molecular flexibility index (Phi) is 5.10. The molecule has 1 aliphatic heterocycles. The van der Waals surface area contributed by atoms with Crippen LogP contribution in [-0.4, -0.2) is 47.4 Å². The summed E-state index contributed by atoms with van der Waals surface area (Å²) in [5, 5.41) is 3.00. The molecular formula is C14H21N5O2. The maximum absolute atomic E-state index is 12.0. The lowest BCUT2D eigenvalue weighted by Gasteiger charge is -2.31. The lowest BCUT2D eigenvalue weighted by molar-refractivity contribution is -0.122. The van der Waals surface area contributed by atoms with E-state index in [2.05, 4.69) is 10.3 Å². The highest BCUT2D eigenvalue weighted by atomic mass is 16.2. The summed E-state index contributed by atoms with van der Waals surface area (Å²) in [6.07, 6.45) is 3.45. The molecule has 1 fully saturated rings. The molecule has 0 atom stereocenters. The smallest absolute Gasteiger partial charge is 0.231 e. The van der Waals surface area contributed by atoms with Gasteiger partial charge in [0.15, 0.2) is 0 Å². The van der Waals surface area contributed by atoms with Crippen LogP contribution in [0.4, 0.5) is 5.69 Å². The van der Waals surface area contributed by atoms with Crippen LogP contribution in [0.25, 0.3) is 0 Å². The number of aromatic nitrogens is 1. The van der Waals surface area contributed by atoms with E-state index in [4.69, 9.17) is 11.5 Å². The Labute approximate surface area is 123 Å². The number of carbonyl (C=O) groups is 2. The number of anilines is 1. The van der Waals surface area contributed by atoms with Crippen molar-refractivity contribution in [3.63, 3.8) is 0 Å². The Bertz CT molecular complexity index is 495. The summed E-state index contributed by atoms with van der Waals surface area (Å²) in [6, 6.07) is 3.64. The van der Waals surface area contributed by atoms with Gasteiger partial charge in [-0.3, -0.25) is 19.5 Å². The Balaban J connectivity index is 1.74. The summed E-state index contributed by atoms with van der Waals surface area (Å²) in [4.78, 5) is 28.9. The Morgan fingerprint density at radius 3 is 2.62 bits per heavy atom. The highest BCUT2D eigenvalue weighted by molar-refractivity contribution is 5.78. The average Bonchev–Trinajstić information content (AvgIpc) is 2.43. The lowest BCUT2D eigenvalue weighted by Crippen LogP contribution is -2.47. The van der Waals surface area contributed by atoms with Gasteiger partial charge in [0.25, 0.3) is 0 Å². The summed E-state index contributed by atoms with van der Waals surface area (Å²) in [5.41, 5.74) is 12.0. The first-order valence-corrected chi connectivity index (χ1v) is 7.03. The van der Waals surface area contributed by atoms with Crippen LogP contribution in [0.2, 0.25) is 0 Å². The first-order chi connectivity index (χ1) is 10.0. The van der Waals surface area contributed by atoms with Crippen LogP contribution >= 0.6 is 0 Å². The maximum Gasteiger partial charge on any atom is 0.231 e. The predicted molar refractivity (Wildman–Crippen MR) is 79.2 cm³/mol. The number of nitrogens with one attached hydrogen (secondary N) is 1. The third kappa shape index (κ3) is 5.03. The van der Waals surface area contributed by atoms with E-state index in [0.717, 1.165) is 25.9 Å². The number of likely N-dealkylation sites (tertiary alicyclic amines) is 1. The quantitative estimate of drug-likeness (QED) is 0.662. The number of rotatable bonds is 5. The number of primary amides is 1. The van der Waals surface area contributed by atoms with Crippen molar-refractivity contribution in [3.8, 4) is 0 Å². The number of hydrogen-bond acceptors (Lipinski definition) is 5. The number of pyridine rings is 1. The monoisotopic (exact) mass is 291 g/mol. The minimum Gasteiger partial charge on any atom is -0.397 e. The second kappa shape index (κ2) is 7.03. The topological polar surface area (TPSA) is 114 Å². The molecule has 0 spiro atoms. The van der Waals surface area contributed by atoms with Gasteiger partial charge < -0.3 is 16.8 Å². The van der Waals surface area contributed by atoms with Crippen molar-refractivity contribution in [3.05, 3.63) is 24.0 Å². The van der Waals surface area contributed by atoms with Crippen LogP contribution < -0.4 is 16.8 Å². The molecule has 0 bridgehead atoms. The molecule has 1 aromatic heterocycles. The van der Waals surface area contributed by atoms with Gasteiger partial charge in [0.1, 0.15) is 0 Å². The number of amides is 2. The van der Waals surface area contributed by atoms with E-state index < -0.39 is 0 Å². The van der Waals surface area contributed by atoms with Gasteiger partial charge >= 0.3 is 0 Å². The van der Waals surface area contributed by atoms with E-state index in [-0.39, 0.29) is 30.8 Å². The molecule has 7 nitrogen and oxygen atoms in total. The van der Waals surface area contributed by atoms with E-state index >= 15 is 0 Å². The van der Waals surface area contributed by atoms with Crippen molar-refractivity contribution in [1.29, 1.82) is 0 Å². The molecule has 0 aromatic carbocycles. The molecule has 1 saturated heterocycles. The molecule has 1 aromatic rings. The molecule has 0 aliphatic carbocycles. The van der Waals surface area contributed by atoms with Gasteiger partial charge in [0.05, 0.1) is 24.8 Å². The molecule has 2 rings (SSSR count). The van der Waals surface area contributed by atoms with E-state index in [1.807, 2.05) is 4.90 Å². The second-order valence-electron chi connectivity index (χ2n) is 5.34. The molecule has 114 valence electrons. The summed E-state index contributed by atoms with van der Waals surface area (Å²) >= 11 is 0. The predicted octanol–water partition coefficient (Wildman–Crippen LogP) is -0.728. The van der Waals surface area contributed by atoms with E-state index in [1.165, 1.54) is 0 Å². The van der Waals surface area contributed by atoms with Crippen molar-refractivity contribution in [1.82, 2.24) is 15.2 Å². The van der Waals surface area contributed by atoms with Crippen molar-refractivity contribution < 1.29 is 9.59 Å². The summed E-state index contributed by atoms with van der Waals surface area (Å²) in [7, 11) is 0. The summed E-state index contributed by atoms with van der Waals surface area (Å²) < 4.78 is 0. The Hall–Kier alpha value is -2.15. The van der Waals surface area contributed by atoms with Crippen molar-refractivity contribution >= 4 is 17.5 Å². The largest absolute Gasteiger partial charge is 0.397 e. The third-order valence-electron chi connectivity index (χ3n) is 3.52. The molecular weight excluding hydrogens is 270 g/mol. The van der Waals surface area contributed by atoms with Gasteiger partial charge in [0.2, 0.25) is 11.8 Å². The number of nitrogens with two attached hydrogens (primary N) is 2. The fourth-order valence-corrected chi connectivity index (χ4v) is 2.44. The molecule has 2 amide bonds. The number of carbonyl (C=O) groups excluding carboxylic acids is 2. The highest BCUT2D eigenvalue weighted by Gasteiger charge is 2.21. The van der Waals surface area contributed by atoms with Gasteiger partial charge in [-0.15, -0.1) is 0 Å². The van der Waals surface area contributed by atoms with Crippen LogP contribution in [0.1, 0.15) is 18.5 Å². The number of piperidine rings is 1. The molecule has 7 heteroatoms. The number of nitrogens with zero attached hydrogens (tertiary/aromatic N) is 2. The standard InChI is InChI=1S/C14H21N5O2/c15-10-1-2-12(17-8-10)7-14(21)18-11-3-5-19(6-4-11)9-13(16)20/h1-2,8,11H,3-7,9,15H2,(H2,16,20)(H,18,21). The zero-order chi connectivity index (χ0) is 15.2. The van der Waals surface area contributed by atoms with Crippen molar-refractivity contribution in [2.45, 2.75) is 25.3 Å². The normalized spacial score (nSPS) is 16.6. The van der Waals surface area contributed by atoms with Crippen LogP contribution in [0.15, 0.2) is 18.3 Å². The van der Waals surface area contributed by atoms with Gasteiger partial charge in [0, 0.05) is 24.8 Å². The fraction of sp³-hybridized carbons (Fsp3) is 0.500. The summed E-state index contributed by atoms with van der Waals surface area (Å²) in [6.45, 7) is 1.83. The molecule has 0 radical (unpaired) electrons. The molecule has 21 heavy (non-hydrogen) atoms. The van der Waals surface area contributed by atoms with Crippen LogP contribution in [-0.2, 0) is 16.0 Å². The Morgan fingerprint density at radius 2 is 2.05 bits per heavy atom. The van der Waals surface area contributed by atoms with Crippen LogP contribution in [0.5, 0.6) is 0 Å². The van der Waals surface area contributed by atoms with Crippen molar-refractivity contribution in [2.24, 2.45) is 5.73 Å². The van der Waals surface area contributed by atoms with Gasteiger partial charge in [-0.2, -0.15) is 0 Å². The molecule has 0 unspecified atom stereocenters. The SMILES string of the molecule is NC(=O)CN1CCC(NC(=O)Cc2ccc(N)cn2)CC1. The van der Waals surface area contributed by atoms with E-state index in [9.17, 15) is 9.59 Å². The summed E-state index contributed by atoms with van der Waals surface area (Å²) in [5.74, 6) is -0.354. The fourth-order valence-electron chi connectivity index (χ4n) is 2.44.